The zero-order valence-electron chi connectivity index (χ0n) is 16.0. The summed E-state index contributed by atoms with van der Waals surface area (Å²) in [7, 11) is -2.68. The predicted octanol–water partition coefficient (Wildman–Crippen LogP) is 2.71. The largest absolute Gasteiger partial charge is 0.490 e. The van der Waals surface area contributed by atoms with E-state index >= 15 is 0 Å². The lowest BCUT2D eigenvalue weighted by atomic mass is 10.3. The minimum atomic E-state index is -3.96. The lowest BCUT2D eigenvalue weighted by molar-refractivity contribution is -0.116. The summed E-state index contributed by atoms with van der Waals surface area (Å²) in [5.74, 6) is 0.138. The lowest BCUT2D eigenvalue weighted by Crippen LogP contribution is -2.35. The molecule has 11 heteroatoms. The molecule has 0 atom stereocenters. The third kappa shape index (κ3) is 5.36. The number of rotatable bonds is 7. The van der Waals surface area contributed by atoms with Gasteiger partial charge in [0.15, 0.2) is 11.5 Å². The molecule has 3 rings (SSSR count). The normalized spacial score (nSPS) is 13.8. The Morgan fingerprint density at radius 2 is 1.80 bits per heavy atom. The molecule has 0 fully saturated rings. The van der Waals surface area contributed by atoms with E-state index in [1.54, 1.807) is 0 Å². The van der Waals surface area contributed by atoms with Gasteiger partial charge in [-0.1, -0.05) is 0 Å². The second kappa shape index (κ2) is 9.26. The quantitative estimate of drug-likeness (QED) is 0.709. The molecule has 1 aliphatic rings. The Labute approximate surface area is 172 Å². The highest BCUT2D eigenvalue weighted by Gasteiger charge is 2.25. The molecule has 1 aliphatic heterocycles. The monoisotopic (exact) mass is 442 g/mol. The number of sulfonamides is 1. The van der Waals surface area contributed by atoms with Crippen LogP contribution in [0.25, 0.3) is 0 Å². The number of ether oxygens (including phenoxy) is 3. The maximum atomic E-state index is 12.8. The Hall–Kier alpha value is -2.92. The van der Waals surface area contributed by atoms with E-state index in [1.807, 2.05) is 0 Å². The topological polar surface area (TPSA) is 94.2 Å². The third-order valence-corrected chi connectivity index (χ3v) is 5.96. The molecule has 0 bridgehead atoms. The van der Waals surface area contributed by atoms with Crippen LogP contribution in [-0.4, -0.2) is 52.0 Å². The van der Waals surface area contributed by atoms with Crippen molar-refractivity contribution < 1.29 is 36.2 Å². The van der Waals surface area contributed by atoms with Crippen molar-refractivity contribution in [1.82, 2.24) is 4.31 Å². The molecule has 30 heavy (non-hydrogen) atoms. The smallest absolute Gasteiger partial charge is 0.387 e. The van der Waals surface area contributed by atoms with Gasteiger partial charge in [0.25, 0.3) is 0 Å². The number of hydrogen-bond acceptors (Lipinski definition) is 6. The Balaban J connectivity index is 1.65. The molecule has 1 heterocycles. The third-order valence-electron chi connectivity index (χ3n) is 4.16. The van der Waals surface area contributed by atoms with E-state index in [1.165, 1.54) is 49.5 Å². The number of anilines is 1. The first-order valence-corrected chi connectivity index (χ1v) is 10.4. The van der Waals surface area contributed by atoms with Gasteiger partial charge in [0, 0.05) is 25.2 Å². The average Bonchev–Trinajstić information content (AvgIpc) is 2.93. The molecule has 0 saturated carbocycles. The summed E-state index contributed by atoms with van der Waals surface area (Å²) in [5, 5.41) is 2.50. The molecule has 0 aliphatic carbocycles. The van der Waals surface area contributed by atoms with Gasteiger partial charge < -0.3 is 19.5 Å². The fraction of sp³-hybridized carbons (Fsp3) is 0.316. The van der Waals surface area contributed by atoms with Crippen molar-refractivity contribution in [2.75, 3.05) is 32.1 Å². The number of carbonyl (C=O) groups is 1. The minimum absolute atomic E-state index is 0.0319. The number of benzene rings is 2. The second-order valence-corrected chi connectivity index (χ2v) is 8.42. The number of likely N-dealkylation sites (N-methyl/N-ethyl adjacent to an activating group) is 1. The van der Waals surface area contributed by atoms with Crippen LogP contribution in [-0.2, 0) is 14.8 Å². The molecule has 1 amide bonds. The highest BCUT2D eigenvalue weighted by Crippen LogP contribution is 2.32. The van der Waals surface area contributed by atoms with Crippen LogP contribution in [0.3, 0.4) is 0 Å². The number of hydrogen-bond donors (Lipinski definition) is 1. The van der Waals surface area contributed by atoms with E-state index in [-0.39, 0.29) is 10.6 Å². The second-order valence-electron chi connectivity index (χ2n) is 6.37. The molecule has 0 spiro atoms. The van der Waals surface area contributed by atoms with Crippen molar-refractivity contribution in [1.29, 1.82) is 0 Å². The molecule has 1 N–H and O–H groups in total. The van der Waals surface area contributed by atoms with Crippen molar-refractivity contribution in [3.05, 3.63) is 42.5 Å². The van der Waals surface area contributed by atoms with E-state index in [4.69, 9.17) is 9.47 Å². The van der Waals surface area contributed by atoms with Crippen LogP contribution in [0.4, 0.5) is 14.5 Å². The molecule has 2 aromatic carbocycles. The molecule has 0 aromatic heterocycles. The van der Waals surface area contributed by atoms with Gasteiger partial charge in [-0.15, -0.1) is 0 Å². The molecule has 0 unspecified atom stereocenters. The van der Waals surface area contributed by atoms with Crippen molar-refractivity contribution >= 4 is 21.6 Å². The number of nitrogens with one attached hydrogen (secondary N) is 1. The lowest BCUT2D eigenvalue weighted by Gasteiger charge is -2.18. The van der Waals surface area contributed by atoms with E-state index in [2.05, 4.69) is 10.1 Å². The first kappa shape index (κ1) is 21.8. The van der Waals surface area contributed by atoms with Gasteiger partial charge in [-0.3, -0.25) is 4.79 Å². The maximum absolute atomic E-state index is 12.8. The van der Waals surface area contributed by atoms with E-state index in [9.17, 15) is 22.0 Å². The fourth-order valence-electron chi connectivity index (χ4n) is 2.69. The summed E-state index contributed by atoms with van der Waals surface area (Å²) in [6.45, 7) is -2.51. The molecule has 2 aromatic rings. The summed E-state index contributed by atoms with van der Waals surface area (Å²) in [4.78, 5) is 12.2. The SMILES string of the molecule is CN(CC(=O)Nc1ccc(OC(F)F)cc1)S(=O)(=O)c1ccc2c(c1)OCCCO2. The van der Waals surface area contributed by atoms with Crippen LogP contribution >= 0.6 is 0 Å². The standard InChI is InChI=1S/C19H20F2N2O6S/c1-23(12-18(24)22-13-3-5-14(6-4-13)29-19(20)21)30(25,26)15-7-8-16-17(11-15)28-10-2-9-27-16/h3-8,11,19H,2,9-10,12H2,1H3,(H,22,24). The molecule has 0 saturated heterocycles. The van der Waals surface area contributed by atoms with Crippen LogP contribution in [0, 0.1) is 0 Å². The number of nitrogens with zero attached hydrogens (tertiary/aromatic N) is 1. The highest BCUT2D eigenvalue weighted by molar-refractivity contribution is 7.89. The van der Waals surface area contributed by atoms with Crippen molar-refractivity contribution in [2.45, 2.75) is 17.9 Å². The van der Waals surface area contributed by atoms with Crippen LogP contribution in [0.15, 0.2) is 47.4 Å². The van der Waals surface area contributed by atoms with E-state index in [0.29, 0.717) is 36.8 Å². The van der Waals surface area contributed by atoms with Gasteiger partial charge >= 0.3 is 6.61 Å². The first-order valence-electron chi connectivity index (χ1n) is 8.96. The zero-order valence-corrected chi connectivity index (χ0v) is 16.8. The fourth-order valence-corrected chi connectivity index (χ4v) is 3.83. The van der Waals surface area contributed by atoms with Gasteiger partial charge in [-0.2, -0.15) is 13.1 Å². The van der Waals surface area contributed by atoms with Crippen LogP contribution in [0.1, 0.15) is 6.42 Å². The highest BCUT2D eigenvalue weighted by atomic mass is 32.2. The van der Waals surface area contributed by atoms with Crippen LogP contribution in [0.2, 0.25) is 0 Å². The molecule has 8 nitrogen and oxygen atoms in total. The summed E-state index contributed by atoms with van der Waals surface area (Å²) >= 11 is 0. The van der Waals surface area contributed by atoms with Crippen LogP contribution < -0.4 is 19.5 Å². The number of amides is 1. The number of alkyl halides is 2. The molecular formula is C19H20F2N2O6S. The summed E-state index contributed by atoms with van der Waals surface area (Å²) in [5.41, 5.74) is 0.308. The number of carbonyl (C=O) groups excluding carboxylic acids is 1. The molecular weight excluding hydrogens is 422 g/mol. The first-order chi connectivity index (χ1) is 14.3. The van der Waals surface area contributed by atoms with Gasteiger partial charge in [0.05, 0.1) is 24.7 Å². The van der Waals surface area contributed by atoms with E-state index in [0.717, 1.165) is 4.31 Å². The maximum Gasteiger partial charge on any atom is 0.387 e. The van der Waals surface area contributed by atoms with Gasteiger partial charge in [0.2, 0.25) is 15.9 Å². The van der Waals surface area contributed by atoms with Gasteiger partial charge in [-0.25, -0.2) is 8.42 Å². The minimum Gasteiger partial charge on any atom is -0.490 e. The van der Waals surface area contributed by atoms with Crippen molar-refractivity contribution in [3.8, 4) is 17.2 Å². The Kier molecular flexibility index (Phi) is 6.73. The molecule has 162 valence electrons. The summed E-state index contributed by atoms with van der Waals surface area (Å²) < 4.78 is 66.1. The van der Waals surface area contributed by atoms with Gasteiger partial charge in [0.1, 0.15) is 5.75 Å². The Bertz CT molecular complexity index is 999. The number of halogens is 2. The Morgan fingerprint density at radius 1 is 1.13 bits per heavy atom. The molecule has 0 radical (unpaired) electrons. The van der Waals surface area contributed by atoms with Crippen molar-refractivity contribution in [2.24, 2.45) is 0 Å². The summed E-state index contributed by atoms with van der Waals surface area (Å²) in [6, 6.07) is 9.54. The van der Waals surface area contributed by atoms with Crippen LogP contribution in [0.5, 0.6) is 17.2 Å². The summed E-state index contributed by atoms with van der Waals surface area (Å²) in [6.07, 6.45) is 0.687. The Morgan fingerprint density at radius 3 is 2.47 bits per heavy atom. The zero-order chi connectivity index (χ0) is 21.7. The van der Waals surface area contributed by atoms with Crippen molar-refractivity contribution in [3.63, 3.8) is 0 Å². The average molecular weight is 442 g/mol. The van der Waals surface area contributed by atoms with E-state index < -0.39 is 29.1 Å². The predicted molar refractivity (Wildman–Crippen MR) is 104 cm³/mol. The van der Waals surface area contributed by atoms with Gasteiger partial charge in [-0.05, 0) is 36.4 Å². The number of fused-ring (bicyclic) bond motifs is 1.